The quantitative estimate of drug-likeness (QED) is 0.832. The molecule has 5 nitrogen and oxygen atoms in total. The number of halogens is 1. The van der Waals surface area contributed by atoms with Gasteiger partial charge in [0.05, 0.1) is 11.2 Å². The van der Waals surface area contributed by atoms with Gasteiger partial charge in [-0.1, -0.05) is 11.6 Å². The molecular formula is C12H12ClN3O2. The lowest BCUT2D eigenvalue weighted by Crippen LogP contribution is -2.29. The number of nitrogens with one attached hydrogen (secondary N) is 1. The molecular weight excluding hydrogens is 254 g/mol. The fourth-order valence-electron chi connectivity index (χ4n) is 1.96. The number of hydrogen-bond donors (Lipinski definition) is 2. The van der Waals surface area contributed by atoms with Crippen molar-refractivity contribution in [1.82, 2.24) is 10.2 Å². The summed E-state index contributed by atoms with van der Waals surface area (Å²) in [5.41, 5.74) is 7.41. The van der Waals surface area contributed by atoms with Crippen LogP contribution in [0.5, 0.6) is 11.5 Å². The SMILES string of the molecule is CC1(C)Oc2cc(-c3cn[nH]c3N)cc(Cl)c2O1. The first-order valence-corrected chi connectivity index (χ1v) is 5.85. The number of nitrogen functional groups attached to an aromatic ring is 1. The average Bonchev–Trinajstić information content (AvgIpc) is 2.80. The molecule has 0 radical (unpaired) electrons. The summed E-state index contributed by atoms with van der Waals surface area (Å²) in [4.78, 5) is 0. The van der Waals surface area contributed by atoms with Crippen LogP contribution < -0.4 is 15.2 Å². The van der Waals surface area contributed by atoms with Gasteiger partial charge < -0.3 is 15.2 Å². The maximum atomic E-state index is 6.19. The second-order valence-corrected chi connectivity index (χ2v) is 4.99. The Kier molecular flexibility index (Phi) is 2.22. The Balaban J connectivity index is 2.12. The normalized spacial score (nSPS) is 15.9. The van der Waals surface area contributed by atoms with Crippen LogP contribution >= 0.6 is 11.6 Å². The summed E-state index contributed by atoms with van der Waals surface area (Å²) >= 11 is 6.19. The molecule has 18 heavy (non-hydrogen) atoms. The number of nitrogens with zero attached hydrogens (tertiary/aromatic N) is 1. The van der Waals surface area contributed by atoms with Crippen molar-refractivity contribution in [2.45, 2.75) is 19.6 Å². The Morgan fingerprint density at radius 3 is 2.78 bits per heavy atom. The van der Waals surface area contributed by atoms with E-state index < -0.39 is 5.79 Å². The highest BCUT2D eigenvalue weighted by Gasteiger charge is 2.34. The van der Waals surface area contributed by atoms with Crippen molar-refractivity contribution < 1.29 is 9.47 Å². The lowest BCUT2D eigenvalue weighted by atomic mass is 10.1. The number of H-pyrrole nitrogens is 1. The highest BCUT2D eigenvalue weighted by atomic mass is 35.5. The standard InChI is InChI=1S/C12H12ClN3O2/c1-12(2)17-9-4-6(3-8(13)10(9)18-12)7-5-15-16-11(7)14/h3-5H,1-2H3,(H3,14,15,16). The van der Waals surface area contributed by atoms with Crippen molar-refractivity contribution in [1.29, 1.82) is 0 Å². The van der Waals surface area contributed by atoms with E-state index >= 15 is 0 Å². The molecule has 0 bridgehead atoms. The summed E-state index contributed by atoms with van der Waals surface area (Å²) in [5.74, 6) is 0.965. The minimum absolute atomic E-state index is 0.490. The fraction of sp³-hybridized carbons (Fsp3) is 0.250. The van der Waals surface area contributed by atoms with Crippen molar-refractivity contribution in [3.05, 3.63) is 23.4 Å². The summed E-state index contributed by atoms with van der Waals surface area (Å²) < 4.78 is 11.3. The van der Waals surface area contributed by atoms with E-state index in [2.05, 4.69) is 10.2 Å². The monoisotopic (exact) mass is 265 g/mol. The van der Waals surface area contributed by atoms with Gasteiger partial charge in [0.2, 0.25) is 5.79 Å². The van der Waals surface area contributed by atoms with Crippen LogP contribution in [0.1, 0.15) is 13.8 Å². The Morgan fingerprint density at radius 2 is 2.11 bits per heavy atom. The molecule has 0 saturated heterocycles. The minimum Gasteiger partial charge on any atom is -0.449 e. The van der Waals surface area contributed by atoms with Crippen molar-refractivity contribution in [2.75, 3.05) is 5.73 Å². The van der Waals surface area contributed by atoms with Gasteiger partial charge in [0, 0.05) is 19.4 Å². The number of aromatic amines is 1. The van der Waals surface area contributed by atoms with Crippen LogP contribution in [0.4, 0.5) is 5.82 Å². The number of anilines is 1. The molecule has 0 fully saturated rings. The summed E-state index contributed by atoms with van der Waals surface area (Å²) in [6, 6.07) is 3.63. The first-order chi connectivity index (χ1) is 8.46. The second kappa shape index (κ2) is 3.55. The van der Waals surface area contributed by atoms with E-state index in [1.54, 1.807) is 12.3 Å². The highest BCUT2D eigenvalue weighted by Crippen LogP contribution is 2.47. The molecule has 0 saturated carbocycles. The van der Waals surface area contributed by atoms with Gasteiger partial charge in [0.1, 0.15) is 5.82 Å². The zero-order chi connectivity index (χ0) is 12.9. The highest BCUT2D eigenvalue weighted by molar-refractivity contribution is 6.32. The largest absolute Gasteiger partial charge is 0.449 e. The van der Waals surface area contributed by atoms with Crippen LogP contribution in [-0.2, 0) is 0 Å². The Bertz CT molecular complexity index is 622. The van der Waals surface area contributed by atoms with Crippen molar-refractivity contribution in [2.24, 2.45) is 0 Å². The maximum Gasteiger partial charge on any atom is 0.246 e. The number of rotatable bonds is 1. The van der Waals surface area contributed by atoms with E-state index in [0.29, 0.717) is 22.3 Å². The molecule has 0 aliphatic carbocycles. The van der Waals surface area contributed by atoms with Gasteiger partial charge in [-0.3, -0.25) is 5.10 Å². The average molecular weight is 266 g/mol. The van der Waals surface area contributed by atoms with E-state index in [4.69, 9.17) is 26.8 Å². The van der Waals surface area contributed by atoms with Crippen LogP contribution in [0, 0.1) is 0 Å². The Labute approximate surface area is 109 Å². The topological polar surface area (TPSA) is 73.2 Å². The number of ether oxygens (including phenoxy) is 2. The molecule has 3 N–H and O–H groups in total. The maximum absolute atomic E-state index is 6.19. The summed E-state index contributed by atoms with van der Waals surface area (Å²) in [7, 11) is 0. The number of benzene rings is 1. The van der Waals surface area contributed by atoms with E-state index in [1.165, 1.54) is 0 Å². The third-order valence-electron chi connectivity index (χ3n) is 2.69. The summed E-state index contributed by atoms with van der Waals surface area (Å²) in [6.07, 6.45) is 1.65. The Morgan fingerprint density at radius 1 is 1.33 bits per heavy atom. The molecule has 1 aliphatic heterocycles. The van der Waals surface area contributed by atoms with Gasteiger partial charge in [-0.05, 0) is 17.7 Å². The molecule has 2 heterocycles. The molecule has 2 aromatic rings. The number of fused-ring (bicyclic) bond motifs is 1. The predicted molar refractivity (Wildman–Crippen MR) is 68.8 cm³/mol. The van der Waals surface area contributed by atoms with E-state index in [0.717, 1.165) is 11.1 Å². The number of nitrogens with two attached hydrogens (primary N) is 1. The van der Waals surface area contributed by atoms with Crippen molar-refractivity contribution in [3.8, 4) is 22.6 Å². The van der Waals surface area contributed by atoms with E-state index in [1.807, 2.05) is 19.9 Å². The smallest absolute Gasteiger partial charge is 0.246 e. The van der Waals surface area contributed by atoms with Gasteiger partial charge in [-0.15, -0.1) is 0 Å². The Hall–Kier alpha value is -1.88. The number of aromatic nitrogens is 2. The lowest BCUT2D eigenvalue weighted by Gasteiger charge is -2.16. The zero-order valence-corrected chi connectivity index (χ0v) is 10.7. The third-order valence-corrected chi connectivity index (χ3v) is 2.97. The molecule has 0 atom stereocenters. The molecule has 3 rings (SSSR count). The minimum atomic E-state index is -0.702. The van der Waals surface area contributed by atoms with Crippen LogP contribution in [0.2, 0.25) is 5.02 Å². The zero-order valence-electron chi connectivity index (χ0n) is 9.95. The first kappa shape index (κ1) is 11.2. The van der Waals surface area contributed by atoms with Crippen molar-refractivity contribution >= 4 is 17.4 Å². The van der Waals surface area contributed by atoms with E-state index in [-0.39, 0.29) is 0 Å². The van der Waals surface area contributed by atoms with Crippen LogP contribution in [0.25, 0.3) is 11.1 Å². The number of hydrogen-bond acceptors (Lipinski definition) is 4. The molecule has 0 unspecified atom stereocenters. The van der Waals surface area contributed by atoms with Gasteiger partial charge in [0.25, 0.3) is 0 Å². The van der Waals surface area contributed by atoms with Gasteiger partial charge in [0.15, 0.2) is 11.5 Å². The third kappa shape index (κ3) is 1.67. The van der Waals surface area contributed by atoms with Crippen LogP contribution in [0.3, 0.4) is 0 Å². The fourth-order valence-corrected chi connectivity index (χ4v) is 2.21. The molecule has 0 amide bonds. The predicted octanol–water partition coefficient (Wildman–Crippen LogP) is 2.82. The second-order valence-electron chi connectivity index (χ2n) is 4.59. The van der Waals surface area contributed by atoms with E-state index in [9.17, 15) is 0 Å². The molecule has 1 aromatic heterocycles. The lowest BCUT2D eigenvalue weighted by molar-refractivity contribution is -0.0431. The first-order valence-electron chi connectivity index (χ1n) is 5.47. The van der Waals surface area contributed by atoms with Crippen molar-refractivity contribution in [3.63, 3.8) is 0 Å². The summed E-state index contributed by atoms with van der Waals surface area (Å²) in [5, 5.41) is 7.06. The molecule has 6 heteroatoms. The summed E-state index contributed by atoms with van der Waals surface area (Å²) in [6.45, 7) is 3.66. The van der Waals surface area contributed by atoms with Gasteiger partial charge in [-0.25, -0.2) is 0 Å². The van der Waals surface area contributed by atoms with Crippen LogP contribution in [-0.4, -0.2) is 16.0 Å². The van der Waals surface area contributed by atoms with Crippen LogP contribution in [0.15, 0.2) is 18.3 Å². The molecule has 1 aliphatic rings. The van der Waals surface area contributed by atoms with Gasteiger partial charge in [-0.2, -0.15) is 5.10 Å². The molecule has 0 spiro atoms. The van der Waals surface area contributed by atoms with Gasteiger partial charge >= 0.3 is 0 Å². The molecule has 1 aromatic carbocycles. The molecule has 94 valence electrons.